The van der Waals surface area contributed by atoms with Gasteiger partial charge in [0.05, 0.1) is 18.4 Å². The molecular formula is C15H22N2O3. The van der Waals surface area contributed by atoms with Crippen LogP contribution >= 0.6 is 0 Å². The molecule has 1 saturated carbocycles. The molecule has 0 aromatic heterocycles. The summed E-state index contributed by atoms with van der Waals surface area (Å²) in [6.45, 7) is 0.780. The van der Waals surface area contributed by atoms with Crippen LogP contribution in [-0.4, -0.2) is 31.3 Å². The first-order valence-corrected chi connectivity index (χ1v) is 6.99. The summed E-state index contributed by atoms with van der Waals surface area (Å²) in [5, 5.41) is 12.2. The summed E-state index contributed by atoms with van der Waals surface area (Å²) in [5.74, 6) is 0.977. The molecule has 0 aliphatic heterocycles. The van der Waals surface area contributed by atoms with Gasteiger partial charge in [-0.05, 0) is 36.8 Å². The van der Waals surface area contributed by atoms with E-state index in [0.29, 0.717) is 35.4 Å². The molecule has 2 rings (SSSR count). The molecule has 1 aliphatic rings. The van der Waals surface area contributed by atoms with Gasteiger partial charge in [-0.2, -0.15) is 0 Å². The molecule has 4 N–H and O–H groups in total. The first-order valence-electron chi connectivity index (χ1n) is 6.99. The van der Waals surface area contributed by atoms with Crippen LogP contribution in [0.4, 0.5) is 5.69 Å². The first kappa shape index (κ1) is 14.7. The fourth-order valence-corrected chi connectivity index (χ4v) is 2.86. The Labute approximate surface area is 119 Å². The summed E-state index contributed by atoms with van der Waals surface area (Å²) in [6, 6.07) is 5.16. The number of aliphatic hydroxyl groups is 1. The SMILES string of the molecule is COc1cccc(C(=O)NCC2CCCC2CO)c1N. The Balaban J connectivity index is 1.98. The van der Waals surface area contributed by atoms with Crippen LogP contribution in [0.15, 0.2) is 18.2 Å². The van der Waals surface area contributed by atoms with Gasteiger partial charge < -0.3 is 20.9 Å². The third-order valence-corrected chi connectivity index (χ3v) is 4.11. The molecule has 1 aliphatic carbocycles. The molecular weight excluding hydrogens is 256 g/mol. The Hall–Kier alpha value is -1.75. The zero-order chi connectivity index (χ0) is 14.5. The van der Waals surface area contributed by atoms with Gasteiger partial charge in [0.2, 0.25) is 0 Å². The predicted molar refractivity (Wildman–Crippen MR) is 77.7 cm³/mol. The number of carbonyl (C=O) groups excluding carboxylic acids is 1. The van der Waals surface area contributed by atoms with E-state index >= 15 is 0 Å². The van der Waals surface area contributed by atoms with Crippen molar-refractivity contribution in [2.45, 2.75) is 19.3 Å². The van der Waals surface area contributed by atoms with Crippen molar-refractivity contribution in [3.8, 4) is 5.75 Å². The van der Waals surface area contributed by atoms with Crippen molar-refractivity contribution in [1.82, 2.24) is 5.32 Å². The van der Waals surface area contributed by atoms with Crippen LogP contribution in [0, 0.1) is 11.8 Å². The standard InChI is InChI=1S/C15H22N2O3/c1-20-13-7-3-6-12(14(13)16)15(19)17-8-10-4-2-5-11(10)9-18/h3,6-7,10-11,18H,2,4-5,8-9,16H2,1H3,(H,17,19). The highest BCUT2D eigenvalue weighted by Crippen LogP contribution is 2.31. The minimum absolute atomic E-state index is 0.190. The molecule has 0 saturated heterocycles. The number of rotatable bonds is 5. The number of nitrogens with one attached hydrogen (secondary N) is 1. The summed E-state index contributed by atoms with van der Waals surface area (Å²) in [7, 11) is 1.53. The van der Waals surface area contributed by atoms with Gasteiger partial charge in [0.1, 0.15) is 5.75 Å². The number of nitrogens with two attached hydrogens (primary N) is 1. The Morgan fingerprint density at radius 1 is 1.45 bits per heavy atom. The molecule has 2 unspecified atom stereocenters. The first-order chi connectivity index (χ1) is 9.67. The second-order valence-electron chi connectivity index (χ2n) is 5.27. The molecule has 110 valence electrons. The van der Waals surface area contributed by atoms with Crippen molar-refractivity contribution < 1.29 is 14.6 Å². The molecule has 0 spiro atoms. The van der Waals surface area contributed by atoms with Crippen molar-refractivity contribution in [3.63, 3.8) is 0 Å². The smallest absolute Gasteiger partial charge is 0.253 e. The zero-order valence-corrected chi connectivity index (χ0v) is 11.8. The summed E-state index contributed by atoms with van der Waals surface area (Å²) >= 11 is 0. The highest BCUT2D eigenvalue weighted by Gasteiger charge is 2.27. The Morgan fingerprint density at radius 3 is 2.90 bits per heavy atom. The number of benzene rings is 1. The van der Waals surface area contributed by atoms with E-state index in [1.807, 2.05) is 0 Å². The largest absolute Gasteiger partial charge is 0.495 e. The van der Waals surface area contributed by atoms with E-state index in [2.05, 4.69) is 5.32 Å². The highest BCUT2D eigenvalue weighted by atomic mass is 16.5. The summed E-state index contributed by atoms with van der Waals surface area (Å²) in [5.41, 5.74) is 6.70. The predicted octanol–water partition coefficient (Wildman–Crippen LogP) is 1.42. The van der Waals surface area contributed by atoms with Gasteiger partial charge in [0.25, 0.3) is 5.91 Å². The van der Waals surface area contributed by atoms with Crippen molar-refractivity contribution in [1.29, 1.82) is 0 Å². The lowest BCUT2D eigenvalue weighted by molar-refractivity contribution is 0.0938. The molecule has 0 heterocycles. The van der Waals surface area contributed by atoms with E-state index in [-0.39, 0.29) is 12.5 Å². The summed E-state index contributed by atoms with van der Waals surface area (Å²) in [4.78, 5) is 12.2. The third kappa shape index (κ3) is 3.04. The molecule has 1 fully saturated rings. The van der Waals surface area contributed by atoms with Crippen LogP contribution in [0.2, 0.25) is 0 Å². The Kier molecular flexibility index (Phi) is 4.84. The van der Waals surface area contributed by atoms with Gasteiger partial charge >= 0.3 is 0 Å². The lowest BCUT2D eigenvalue weighted by Crippen LogP contribution is -2.32. The van der Waals surface area contributed by atoms with Gasteiger partial charge in [-0.25, -0.2) is 0 Å². The fourth-order valence-electron chi connectivity index (χ4n) is 2.86. The number of para-hydroxylation sites is 1. The molecule has 1 aromatic carbocycles. The van der Waals surface area contributed by atoms with E-state index in [4.69, 9.17) is 10.5 Å². The molecule has 2 atom stereocenters. The van der Waals surface area contributed by atoms with Crippen LogP contribution in [-0.2, 0) is 0 Å². The molecule has 5 heteroatoms. The maximum atomic E-state index is 12.2. The molecule has 0 bridgehead atoms. The van der Waals surface area contributed by atoms with Crippen molar-refractivity contribution in [2.75, 3.05) is 26.0 Å². The van der Waals surface area contributed by atoms with Crippen LogP contribution in [0.1, 0.15) is 29.6 Å². The number of hydrogen-bond acceptors (Lipinski definition) is 4. The Bertz CT molecular complexity index is 476. The number of ether oxygens (including phenoxy) is 1. The Morgan fingerprint density at radius 2 is 2.20 bits per heavy atom. The van der Waals surface area contributed by atoms with E-state index in [1.165, 1.54) is 7.11 Å². The average molecular weight is 278 g/mol. The zero-order valence-electron chi connectivity index (χ0n) is 11.8. The number of aliphatic hydroxyl groups excluding tert-OH is 1. The van der Waals surface area contributed by atoms with Crippen LogP contribution in [0.25, 0.3) is 0 Å². The molecule has 5 nitrogen and oxygen atoms in total. The van der Waals surface area contributed by atoms with Gasteiger partial charge in [0, 0.05) is 13.2 Å². The summed E-state index contributed by atoms with van der Waals surface area (Å²) < 4.78 is 5.11. The number of carbonyl (C=O) groups is 1. The number of hydrogen-bond donors (Lipinski definition) is 3. The third-order valence-electron chi connectivity index (χ3n) is 4.11. The molecule has 1 aromatic rings. The lowest BCUT2D eigenvalue weighted by atomic mass is 9.97. The minimum atomic E-state index is -0.190. The maximum Gasteiger partial charge on any atom is 0.253 e. The maximum absolute atomic E-state index is 12.2. The van der Waals surface area contributed by atoms with Gasteiger partial charge in [0.15, 0.2) is 0 Å². The normalized spacial score (nSPS) is 21.7. The lowest BCUT2D eigenvalue weighted by Gasteiger charge is -2.18. The van der Waals surface area contributed by atoms with Crippen molar-refractivity contribution in [2.24, 2.45) is 11.8 Å². The average Bonchev–Trinajstić information content (AvgIpc) is 2.92. The van der Waals surface area contributed by atoms with E-state index in [0.717, 1.165) is 19.3 Å². The molecule has 1 amide bonds. The number of amides is 1. The highest BCUT2D eigenvalue weighted by molar-refractivity contribution is 6.00. The van der Waals surface area contributed by atoms with Crippen molar-refractivity contribution in [3.05, 3.63) is 23.8 Å². The number of methoxy groups -OCH3 is 1. The number of anilines is 1. The number of nitrogen functional groups attached to an aromatic ring is 1. The van der Waals surface area contributed by atoms with Crippen molar-refractivity contribution >= 4 is 11.6 Å². The van der Waals surface area contributed by atoms with Gasteiger partial charge in [-0.1, -0.05) is 12.5 Å². The van der Waals surface area contributed by atoms with E-state index in [1.54, 1.807) is 18.2 Å². The second-order valence-corrected chi connectivity index (χ2v) is 5.27. The quantitative estimate of drug-likeness (QED) is 0.711. The fraction of sp³-hybridized carbons (Fsp3) is 0.533. The molecule has 0 radical (unpaired) electrons. The van der Waals surface area contributed by atoms with Crippen LogP contribution in [0.3, 0.4) is 0 Å². The summed E-state index contributed by atoms with van der Waals surface area (Å²) in [6.07, 6.45) is 3.21. The van der Waals surface area contributed by atoms with Crippen LogP contribution in [0.5, 0.6) is 5.75 Å². The van der Waals surface area contributed by atoms with E-state index in [9.17, 15) is 9.90 Å². The van der Waals surface area contributed by atoms with Gasteiger partial charge in [-0.15, -0.1) is 0 Å². The minimum Gasteiger partial charge on any atom is -0.495 e. The second kappa shape index (κ2) is 6.61. The topological polar surface area (TPSA) is 84.6 Å². The molecule has 20 heavy (non-hydrogen) atoms. The monoisotopic (exact) mass is 278 g/mol. The van der Waals surface area contributed by atoms with Crippen LogP contribution < -0.4 is 15.8 Å². The van der Waals surface area contributed by atoms with Gasteiger partial charge in [-0.3, -0.25) is 4.79 Å². The van der Waals surface area contributed by atoms with E-state index < -0.39 is 0 Å².